The van der Waals surface area contributed by atoms with Gasteiger partial charge in [0.05, 0.1) is 12.2 Å². The zero-order valence-electron chi connectivity index (χ0n) is 14.2. The minimum absolute atomic E-state index is 0.109. The largest absolute Gasteiger partial charge is 0.462 e. The van der Waals surface area contributed by atoms with Gasteiger partial charge in [0.25, 0.3) is 5.91 Å². The molecular formula is C20H17NO5. The van der Waals surface area contributed by atoms with Crippen LogP contribution in [0.1, 0.15) is 34.1 Å². The standard InChI is InChI=1S/C20H17NO5/c1-2-10-25-19(23)14-7-5-8-15(11-14)21-18(22)16-12-13-6-3-4-9-17(13)26-20(16)24/h3-9,11-12H,2,10H2,1H3,(H,21,22). The van der Waals surface area contributed by atoms with Gasteiger partial charge in [-0.2, -0.15) is 0 Å². The Kier molecular flexibility index (Phi) is 5.12. The van der Waals surface area contributed by atoms with E-state index in [1.807, 2.05) is 6.92 Å². The van der Waals surface area contributed by atoms with Gasteiger partial charge in [-0.1, -0.05) is 31.2 Å². The molecule has 2 aromatic carbocycles. The van der Waals surface area contributed by atoms with E-state index in [4.69, 9.17) is 9.15 Å². The SMILES string of the molecule is CCCOC(=O)c1cccc(NC(=O)c2cc3ccccc3oc2=O)c1. The molecule has 0 atom stereocenters. The average molecular weight is 351 g/mol. The first kappa shape index (κ1) is 17.4. The molecule has 0 fully saturated rings. The summed E-state index contributed by atoms with van der Waals surface area (Å²) in [5, 5.41) is 3.26. The van der Waals surface area contributed by atoms with E-state index in [9.17, 15) is 14.4 Å². The fourth-order valence-corrected chi connectivity index (χ4v) is 2.42. The second kappa shape index (κ2) is 7.65. The Labute approximate surface area is 149 Å². The third-order valence-corrected chi connectivity index (χ3v) is 3.68. The van der Waals surface area contributed by atoms with Crippen molar-refractivity contribution in [3.63, 3.8) is 0 Å². The van der Waals surface area contributed by atoms with Gasteiger partial charge < -0.3 is 14.5 Å². The molecule has 3 aromatic rings. The molecule has 0 spiro atoms. The van der Waals surface area contributed by atoms with Crippen LogP contribution in [0.15, 0.2) is 63.8 Å². The van der Waals surface area contributed by atoms with Crippen LogP contribution >= 0.6 is 0 Å². The van der Waals surface area contributed by atoms with E-state index in [1.54, 1.807) is 42.5 Å². The van der Waals surface area contributed by atoms with Gasteiger partial charge in [-0.15, -0.1) is 0 Å². The summed E-state index contributed by atoms with van der Waals surface area (Å²) < 4.78 is 10.2. The van der Waals surface area contributed by atoms with Crippen LogP contribution in [0.2, 0.25) is 0 Å². The molecule has 0 saturated carbocycles. The molecule has 6 nitrogen and oxygen atoms in total. The number of amides is 1. The topological polar surface area (TPSA) is 85.6 Å². The maximum Gasteiger partial charge on any atom is 0.349 e. The Bertz CT molecular complexity index is 1020. The number of hydrogen-bond acceptors (Lipinski definition) is 5. The zero-order valence-corrected chi connectivity index (χ0v) is 14.2. The van der Waals surface area contributed by atoms with E-state index >= 15 is 0 Å². The first-order valence-corrected chi connectivity index (χ1v) is 8.20. The average Bonchev–Trinajstić information content (AvgIpc) is 2.65. The van der Waals surface area contributed by atoms with Crippen molar-refractivity contribution in [3.05, 3.63) is 76.1 Å². The van der Waals surface area contributed by atoms with Gasteiger partial charge in [-0.25, -0.2) is 9.59 Å². The lowest BCUT2D eigenvalue weighted by Gasteiger charge is -2.07. The van der Waals surface area contributed by atoms with Crippen LogP contribution in [0.5, 0.6) is 0 Å². The summed E-state index contributed by atoms with van der Waals surface area (Å²) in [5.74, 6) is -1.07. The molecule has 0 bridgehead atoms. The number of carbonyl (C=O) groups excluding carboxylic acids is 2. The van der Waals surface area contributed by atoms with E-state index in [0.717, 1.165) is 6.42 Å². The van der Waals surface area contributed by atoms with E-state index in [-0.39, 0.29) is 5.56 Å². The normalized spacial score (nSPS) is 10.5. The van der Waals surface area contributed by atoms with Crippen molar-refractivity contribution in [2.45, 2.75) is 13.3 Å². The van der Waals surface area contributed by atoms with E-state index < -0.39 is 17.5 Å². The molecular weight excluding hydrogens is 334 g/mol. The second-order valence-corrected chi connectivity index (χ2v) is 5.66. The summed E-state index contributed by atoms with van der Waals surface area (Å²) in [7, 11) is 0. The van der Waals surface area contributed by atoms with Gasteiger partial charge in [0.1, 0.15) is 11.1 Å². The minimum atomic E-state index is -0.722. The lowest BCUT2D eigenvalue weighted by molar-refractivity contribution is 0.0505. The number of esters is 1. The van der Waals surface area contributed by atoms with Gasteiger partial charge in [0.15, 0.2) is 0 Å². The highest BCUT2D eigenvalue weighted by molar-refractivity contribution is 6.05. The van der Waals surface area contributed by atoms with Crippen LogP contribution in [0.4, 0.5) is 5.69 Å². The van der Waals surface area contributed by atoms with E-state index in [2.05, 4.69) is 5.32 Å². The maximum absolute atomic E-state index is 12.4. The van der Waals surface area contributed by atoms with Crippen LogP contribution in [0.3, 0.4) is 0 Å². The summed E-state index contributed by atoms with van der Waals surface area (Å²) in [5.41, 5.74) is 0.285. The smallest absolute Gasteiger partial charge is 0.349 e. The number of hydrogen-bond donors (Lipinski definition) is 1. The Balaban J connectivity index is 1.83. The Hall–Kier alpha value is -3.41. The molecule has 3 rings (SSSR count). The van der Waals surface area contributed by atoms with Crippen molar-refractivity contribution in [2.24, 2.45) is 0 Å². The van der Waals surface area contributed by atoms with Crippen LogP contribution in [0.25, 0.3) is 11.0 Å². The van der Waals surface area contributed by atoms with Crippen molar-refractivity contribution in [2.75, 3.05) is 11.9 Å². The lowest BCUT2D eigenvalue weighted by atomic mass is 10.1. The maximum atomic E-state index is 12.4. The van der Waals surface area contributed by atoms with Crippen molar-refractivity contribution >= 4 is 28.5 Å². The van der Waals surface area contributed by atoms with E-state index in [0.29, 0.717) is 28.8 Å². The number of ether oxygens (including phenoxy) is 1. The van der Waals surface area contributed by atoms with E-state index in [1.165, 1.54) is 12.1 Å². The molecule has 1 N–H and O–H groups in total. The van der Waals surface area contributed by atoms with Gasteiger partial charge in [-0.3, -0.25) is 4.79 Å². The molecule has 1 aromatic heterocycles. The Morgan fingerprint density at radius 2 is 1.88 bits per heavy atom. The highest BCUT2D eigenvalue weighted by Gasteiger charge is 2.15. The van der Waals surface area contributed by atoms with Crippen LogP contribution < -0.4 is 10.9 Å². The van der Waals surface area contributed by atoms with Crippen molar-refractivity contribution < 1.29 is 18.7 Å². The number of anilines is 1. The van der Waals surface area contributed by atoms with Crippen LogP contribution in [-0.4, -0.2) is 18.5 Å². The molecule has 1 heterocycles. The fourth-order valence-electron chi connectivity index (χ4n) is 2.42. The first-order valence-electron chi connectivity index (χ1n) is 8.20. The van der Waals surface area contributed by atoms with Crippen molar-refractivity contribution in [3.8, 4) is 0 Å². The number of nitrogens with one attached hydrogen (secondary N) is 1. The number of para-hydroxylation sites is 1. The summed E-state index contributed by atoms with van der Waals surface area (Å²) in [6, 6.07) is 14.8. The van der Waals surface area contributed by atoms with Gasteiger partial charge >= 0.3 is 11.6 Å². The third-order valence-electron chi connectivity index (χ3n) is 3.68. The molecule has 1 amide bonds. The number of carbonyl (C=O) groups is 2. The fraction of sp³-hybridized carbons (Fsp3) is 0.150. The quantitative estimate of drug-likeness (QED) is 0.560. The highest BCUT2D eigenvalue weighted by Crippen LogP contribution is 2.15. The summed E-state index contributed by atoms with van der Waals surface area (Å²) >= 11 is 0. The van der Waals surface area contributed by atoms with Gasteiger partial charge in [-0.05, 0) is 36.8 Å². The Morgan fingerprint density at radius 3 is 2.69 bits per heavy atom. The van der Waals surface area contributed by atoms with Crippen LogP contribution in [-0.2, 0) is 4.74 Å². The molecule has 0 saturated heterocycles. The molecule has 6 heteroatoms. The molecule has 0 radical (unpaired) electrons. The zero-order chi connectivity index (χ0) is 18.5. The monoisotopic (exact) mass is 351 g/mol. The second-order valence-electron chi connectivity index (χ2n) is 5.66. The molecule has 26 heavy (non-hydrogen) atoms. The van der Waals surface area contributed by atoms with Gasteiger partial charge in [0.2, 0.25) is 0 Å². The predicted molar refractivity (Wildman–Crippen MR) is 97.5 cm³/mol. The number of benzene rings is 2. The number of fused-ring (bicyclic) bond motifs is 1. The molecule has 0 aliphatic rings. The van der Waals surface area contributed by atoms with Crippen molar-refractivity contribution in [1.29, 1.82) is 0 Å². The first-order chi connectivity index (χ1) is 12.6. The summed E-state index contributed by atoms with van der Waals surface area (Å²) in [4.78, 5) is 36.4. The highest BCUT2D eigenvalue weighted by atomic mass is 16.5. The predicted octanol–water partition coefficient (Wildman–Crippen LogP) is 3.61. The van der Waals surface area contributed by atoms with Crippen molar-refractivity contribution in [1.82, 2.24) is 0 Å². The molecule has 132 valence electrons. The van der Waals surface area contributed by atoms with Gasteiger partial charge in [0, 0.05) is 11.1 Å². The summed E-state index contributed by atoms with van der Waals surface area (Å²) in [6.07, 6.45) is 0.722. The summed E-state index contributed by atoms with van der Waals surface area (Å²) in [6.45, 7) is 2.23. The molecule has 0 aliphatic heterocycles. The third kappa shape index (κ3) is 3.80. The molecule has 0 aliphatic carbocycles. The molecule has 0 unspecified atom stereocenters. The lowest BCUT2D eigenvalue weighted by Crippen LogP contribution is -2.20. The number of rotatable bonds is 5. The minimum Gasteiger partial charge on any atom is -0.462 e. The Morgan fingerprint density at radius 1 is 1.08 bits per heavy atom. The van der Waals surface area contributed by atoms with Crippen LogP contribution in [0, 0.1) is 0 Å².